The van der Waals surface area contributed by atoms with Crippen molar-refractivity contribution in [1.29, 1.82) is 0 Å². The third-order valence-electron chi connectivity index (χ3n) is 2.44. The van der Waals surface area contributed by atoms with Gasteiger partial charge in [-0.2, -0.15) is 0 Å². The largest absolute Gasteiger partial charge is 0.475 e. The van der Waals surface area contributed by atoms with Gasteiger partial charge in [-0.1, -0.05) is 0 Å². The van der Waals surface area contributed by atoms with Crippen molar-refractivity contribution in [3.05, 3.63) is 49.6 Å². The highest BCUT2D eigenvalue weighted by molar-refractivity contribution is 14.1. The molecule has 0 spiro atoms. The number of nitrogens with zero attached hydrogens (tertiary/aromatic N) is 2. The van der Waals surface area contributed by atoms with E-state index >= 15 is 0 Å². The Morgan fingerprint density at radius 3 is 3.00 bits per heavy atom. The van der Waals surface area contributed by atoms with Gasteiger partial charge >= 0.3 is 5.97 Å². The van der Waals surface area contributed by atoms with E-state index < -0.39 is 5.97 Å². The number of hydrogen-bond acceptors (Lipinski definition) is 4. The Morgan fingerprint density at radius 2 is 2.33 bits per heavy atom. The Bertz CT molecular complexity index is 659. The maximum atomic E-state index is 11.9. The molecular weight excluding hydrogens is 351 g/mol. The molecule has 0 bridgehead atoms. The molecule has 2 aromatic heterocycles. The number of aryl methyl sites for hydroxylation is 1. The summed E-state index contributed by atoms with van der Waals surface area (Å²) in [6.45, 7) is 1.87. The zero-order valence-electron chi connectivity index (χ0n) is 9.38. The Balaban J connectivity index is 2.41. The summed E-state index contributed by atoms with van der Waals surface area (Å²) in [5.74, 6) is -1.31. The van der Waals surface area contributed by atoms with Crippen molar-refractivity contribution in [2.45, 2.75) is 13.5 Å². The average molecular weight is 360 g/mol. The van der Waals surface area contributed by atoms with Crippen LogP contribution in [0.1, 0.15) is 21.8 Å². The minimum atomic E-state index is -1.15. The van der Waals surface area contributed by atoms with Gasteiger partial charge in [-0.25, -0.2) is 9.78 Å². The summed E-state index contributed by atoms with van der Waals surface area (Å²) in [5.41, 5.74) is 0.897. The molecule has 1 N–H and O–H groups in total. The van der Waals surface area contributed by atoms with Gasteiger partial charge in [0.25, 0.3) is 5.56 Å². The smallest absolute Gasteiger partial charge is 0.372 e. The molecule has 0 saturated heterocycles. The predicted octanol–water partition coefficient (Wildman–Crippen LogP) is 1.50. The van der Waals surface area contributed by atoms with Gasteiger partial charge in [-0.05, 0) is 35.6 Å². The van der Waals surface area contributed by atoms with E-state index in [1.165, 1.54) is 23.2 Å². The van der Waals surface area contributed by atoms with E-state index in [0.29, 0.717) is 14.8 Å². The Hall–Kier alpha value is -1.64. The highest BCUT2D eigenvalue weighted by Gasteiger charge is 2.15. The molecule has 0 aliphatic rings. The van der Waals surface area contributed by atoms with Gasteiger partial charge in [0.15, 0.2) is 0 Å². The summed E-state index contributed by atoms with van der Waals surface area (Å²) < 4.78 is 6.73. The van der Waals surface area contributed by atoms with Gasteiger partial charge in [0.05, 0.1) is 28.4 Å². The second kappa shape index (κ2) is 4.92. The number of carboxylic acids is 1. The number of halogens is 1. The van der Waals surface area contributed by atoms with Crippen LogP contribution in [-0.4, -0.2) is 20.6 Å². The Kier molecular flexibility index (Phi) is 3.50. The number of rotatable bonds is 3. The molecule has 18 heavy (non-hydrogen) atoms. The van der Waals surface area contributed by atoms with Crippen LogP contribution in [0, 0.1) is 10.5 Å². The first kappa shape index (κ1) is 12.8. The fourth-order valence-corrected chi connectivity index (χ4v) is 1.94. The minimum absolute atomic E-state index is 0.125. The van der Waals surface area contributed by atoms with E-state index in [0.717, 1.165) is 0 Å². The maximum absolute atomic E-state index is 11.9. The average Bonchev–Trinajstić information content (AvgIpc) is 2.78. The molecule has 2 rings (SSSR count). The van der Waals surface area contributed by atoms with E-state index in [2.05, 4.69) is 4.98 Å². The van der Waals surface area contributed by atoms with Crippen LogP contribution in [0.15, 0.2) is 27.9 Å². The SMILES string of the molecule is Cc1ncn(Cc2ccoc2C(=O)O)c(=O)c1I. The van der Waals surface area contributed by atoms with Gasteiger partial charge in [-0.15, -0.1) is 0 Å². The topological polar surface area (TPSA) is 85.3 Å². The van der Waals surface area contributed by atoms with Crippen LogP contribution in [0.4, 0.5) is 0 Å². The van der Waals surface area contributed by atoms with E-state index in [1.54, 1.807) is 6.92 Å². The predicted molar refractivity (Wildman–Crippen MR) is 70.7 cm³/mol. The number of furan rings is 1. The van der Waals surface area contributed by atoms with Crippen molar-refractivity contribution < 1.29 is 14.3 Å². The van der Waals surface area contributed by atoms with Crippen molar-refractivity contribution in [2.24, 2.45) is 0 Å². The van der Waals surface area contributed by atoms with Gasteiger partial charge in [0, 0.05) is 5.56 Å². The zero-order chi connectivity index (χ0) is 13.3. The van der Waals surface area contributed by atoms with Crippen LogP contribution >= 0.6 is 22.6 Å². The Morgan fingerprint density at radius 1 is 1.61 bits per heavy atom. The molecule has 94 valence electrons. The first-order valence-electron chi connectivity index (χ1n) is 5.02. The molecule has 2 aromatic rings. The summed E-state index contributed by atoms with van der Waals surface area (Å²) in [5, 5.41) is 8.90. The third-order valence-corrected chi connectivity index (χ3v) is 3.68. The molecule has 6 nitrogen and oxygen atoms in total. The molecule has 0 amide bonds. The third kappa shape index (κ3) is 2.30. The molecule has 0 aliphatic carbocycles. The summed E-state index contributed by atoms with van der Waals surface area (Å²) >= 11 is 1.92. The Labute approximate surface area is 115 Å². The fourth-order valence-electron chi connectivity index (χ4n) is 1.49. The lowest BCUT2D eigenvalue weighted by atomic mass is 10.2. The van der Waals surface area contributed by atoms with E-state index in [-0.39, 0.29) is 17.9 Å². The van der Waals surface area contributed by atoms with Crippen molar-refractivity contribution in [3.63, 3.8) is 0 Å². The lowest BCUT2D eigenvalue weighted by Gasteiger charge is -2.05. The molecule has 2 heterocycles. The normalized spacial score (nSPS) is 10.6. The second-order valence-corrected chi connectivity index (χ2v) is 4.74. The van der Waals surface area contributed by atoms with Gasteiger partial charge in [0.2, 0.25) is 5.76 Å². The first-order chi connectivity index (χ1) is 8.50. The second-order valence-electron chi connectivity index (χ2n) is 3.66. The van der Waals surface area contributed by atoms with Crippen molar-refractivity contribution in [3.8, 4) is 0 Å². The maximum Gasteiger partial charge on any atom is 0.372 e. The van der Waals surface area contributed by atoms with E-state index in [4.69, 9.17) is 9.52 Å². The summed E-state index contributed by atoms with van der Waals surface area (Å²) in [7, 11) is 0. The van der Waals surface area contributed by atoms with Crippen LogP contribution in [0.25, 0.3) is 0 Å². The van der Waals surface area contributed by atoms with Gasteiger partial charge < -0.3 is 9.52 Å². The van der Waals surface area contributed by atoms with Crippen LogP contribution in [0.5, 0.6) is 0 Å². The number of aromatic carboxylic acids is 1. The summed E-state index contributed by atoms with van der Waals surface area (Å²) in [4.78, 5) is 26.9. The number of aromatic nitrogens is 2. The van der Waals surface area contributed by atoms with Crippen LogP contribution in [-0.2, 0) is 6.54 Å². The molecule has 0 unspecified atom stereocenters. The molecule has 0 saturated carbocycles. The number of carboxylic acid groups (broad SMARTS) is 1. The lowest BCUT2D eigenvalue weighted by molar-refractivity contribution is 0.0660. The number of carbonyl (C=O) groups is 1. The highest BCUT2D eigenvalue weighted by Crippen LogP contribution is 2.12. The van der Waals surface area contributed by atoms with E-state index in [1.807, 2.05) is 22.6 Å². The van der Waals surface area contributed by atoms with E-state index in [9.17, 15) is 9.59 Å². The molecule has 0 aromatic carbocycles. The molecule has 0 aliphatic heterocycles. The summed E-state index contributed by atoms with van der Waals surface area (Å²) in [6.07, 6.45) is 2.69. The van der Waals surface area contributed by atoms with Crippen LogP contribution < -0.4 is 5.56 Å². The van der Waals surface area contributed by atoms with Gasteiger partial charge in [0.1, 0.15) is 0 Å². The molecule has 7 heteroatoms. The first-order valence-corrected chi connectivity index (χ1v) is 6.09. The molecule has 0 fully saturated rings. The fraction of sp³-hybridized carbons (Fsp3) is 0.182. The number of hydrogen-bond donors (Lipinski definition) is 1. The molecule has 0 atom stereocenters. The standard InChI is InChI=1S/C11H9IN2O4/c1-6-8(12)10(15)14(5-13-6)4-7-2-3-18-9(7)11(16)17/h2-3,5H,4H2,1H3,(H,16,17). The quantitative estimate of drug-likeness (QED) is 0.839. The zero-order valence-corrected chi connectivity index (χ0v) is 11.5. The molecule has 0 radical (unpaired) electrons. The van der Waals surface area contributed by atoms with Gasteiger partial charge in [-0.3, -0.25) is 9.36 Å². The van der Waals surface area contributed by atoms with Crippen LogP contribution in [0.2, 0.25) is 0 Å². The van der Waals surface area contributed by atoms with Crippen molar-refractivity contribution in [1.82, 2.24) is 9.55 Å². The van der Waals surface area contributed by atoms with Crippen molar-refractivity contribution in [2.75, 3.05) is 0 Å². The lowest BCUT2D eigenvalue weighted by Crippen LogP contribution is -2.25. The molecular formula is C11H9IN2O4. The minimum Gasteiger partial charge on any atom is -0.475 e. The monoisotopic (exact) mass is 360 g/mol. The van der Waals surface area contributed by atoms with Crippen molar-refractivity contribution >= 4 is 28.6 Å². The highest BCUT2D eigenvalue weighted by atomic mass is 127. The summed E-state index contributed by atoms with van der Waals surface area (Å²) in [6, 6.07) is 1.53. The van der Waals surface area contributed by atoms with Crippen LogP contribution in [0.3, 0.4) is 0 Å².